The molecular formula is C28H27N3O2. The van der Waals surface area contributed by atoms with E-state index in [0.29, 0.717) is 5.75 Å². The monoisotopic (exact) mass is 437 g/mol. The molecule has 33 heavy (non-hydrogen) atoms. The zero-order chi connectivity index (χ0) is 22.8. The zero-order valence-electron chi connectivity index (χ0n) is 19.0. The van der Waals surface area contributed by atoms with Crippen LogP contribution in [0.5, 0.6) is 5.75 Å². The van der Waals surface area contributed by atoms with Gasteiger partial charge >= 0.3 is 0 Å². The molecule has 1 amide bonds. The van der Waals surface area contributed by atoms with Crippen molar-refractivity contribution >= 4 is 28.3 Å². The second-order valence-electron chi connectivity index (χ2n) is 8.65. The van der Waals surface area contributed by atoms with Crippen molar-refractivity contribution in [2.75, 3.05) is 23.4 Å². The highest BCUT2D eigenvalue weighted by atomic mass is 16.5. The third kappa shape index (κ3) is 4.67. The molecule has 0 unspecified atom stereocenters. The molecule has 0 saturated heterocycles. The van der Waals surface area contributed by atoms with Gasteiger partial charge in [-0.05, 0) is 72.9 Å². The second-order valence-corrected chi connectivity index (χ2v) is 8.65. The Morgan fingerprint density at radius 3 is 2.58 bits per heavy atom. The fraction of sp³-hybridized carbons (Fsp3) is 0.214. The van der Waals surface area contributed by atoms with Crippen LogP contribution in [0.2, 0.25) is 0 Å². The first-order valence-corrected chi connectivity index (χ1v) is 11.3. The Labute approximate surface area is 194 Å². The highest BCUT2D eigenvalue weighted by Gasteiger charge is 2.18. The molecule has 0 bridgehead atoms. The average Bonchev–Trinajstić information content (AvgIpc) is 2.81. The van der Waals surface area contributed by atoms with Crippen molar-refractivity contribution in [3.8, 4) is 5.75 Å². The molecule has 5 rings (SSSR count). The molecule has 1 aliphatic heterocycles. The minimum atomic E-state index is -0.194. The Balaban J connectivity index is 1.33. The van der Waals surface area contributed by atoms with Crippen LogP contribution in [0.15, 0.2) is 72.8 Å². The summed E-state index contributed by atoms with van der Waals surface area (Å²) in [5, 5.41) is 3.91. The smallest absolute Gasteiger partial charge is 0.262 e. The fourth-order valence-corrected chi connectivity index (χ4v) is 4.48. The van der Waals surface area contributed by atoms with Gasteiger partial charge in [0.25, 0.3) is 5.91 Å². The van der Waals surface area contributed by atoms with E-state index < -0.39 is 0 Å². The lowest BCUT2D eigenvalue weighted by atomic mass is 10.00. The fourth-order valence-electron chi connectivity index (χ4n) is 4.48. The van der Waals surface area contributed by atoms with Gasteiger partial charge in [0, 0.05) is 24.2 Å². The molecule has 1 aliphatic rings. The van der Waals surface area contributed by atoms with Crippen molar-refractivity contribution < 1.29 is 9.53 Å². The topological polar surface area (TPSA) is 54.5 Å². The number of amides is 1. The van der Waals surface area contributed by atoms with E-state index in [1.54, 1.807) is 0 Å². The maximum absolute atomic E-state index is 12.5. The van der Waals surface area contributed by atoms with Gasteiger partial charge in [0.2, 0.25) is 0 Å². The van der Waals surface area contributed by atoms with E-state index in [1.807, 2.05) is 44.2 Å². The van der Waals surface area contributed by atoms with E-state index in [0.717, 1.165) is 53.0 Å². The van der Waals surface area contributed by atoms with Crippen LogP contribution in [0.25, 0.3) is 10.9 Å². The zero-order valence-corrected chi connectivity index (χ0v) is 19.0. The number of para-hydroxylation sites is 1. The van der Waals surface area contributed by atoms with E-state index in [4.69, 9.17) is 9.72 Å². The first-order chi connectivity index (χ1) is 16.0. The Bertz CT molecular complexity index is 1310. The van der Waals surface area contributed by atoms with Crippen LogP contribution in [0.3, 0.4) is 0 Å². The lowest BCUT2D eigenvalue weighted by Crippen LogP contribution is -2.30. The maximum atomic E-state index is 12.5. The first-order valence-electron chi connectivity index (χ1n) is 11.3. The average molecular weight is 438 g/mol. The number of pyridine rings is 1. The summed E-state index contributed by atoms with van der Waals surface area (Å²) >= 11 is 0. The molecule has 0 saturated carbocycles. The number of nitrogens with zero attached hydrogens (tertiary/aromatic N) is 2. The summed E-state index contributed by atoms with van der Waals surface area (Å²) in [7, 11) is 0. The molecule has 0 spiro atoms. The Morgan fingerprint density at radius 2 is 1.76 bits per heavy atom. The number of nitrogens with one attached hydrogen (secondary N) is 1. The van der Waals surface area contributed by atoms with Gasteiger partial charge in [-0.15, -0.1) is 0 Å². The summed E-state index contributed by atoms with van der Waals surface area (Å²) in [6.07, 6.45) is 1.01. The van der Waals surface area contributed by atoms with Crippen molar-refractivity contribution in [3.05, 3.63) is 95.1 Å². The number of rotatable bonds is 5. The highest BCUT2D eigenvalue weighted by Crippen LogP contribution is 2.29. The maximum Gasteiger partial charge on any atom is 0.262 e. The van der Waals surface area contributed by atoms with Crippen LogP contribution in [0.4, 0.5) is 11.5 Å². The molecule has 1 N–H and O–H groups in total. The standard InChI is InChI=1S/C28H27N3O2/c1-19-14-20(2)16-24(15-19)29-27(32)18-33-25-9-5-8-22-10-11-26(30-28(22)25)31-13-12-21-6-3-4-7-23(21)17-31/h3-11,14-16H,12-13,17-18H2,1-2H3,(H,29,32). The van der Waals surface area contributed by atoms with E-state index in [1.165, 1.54) is 11.1 Å². The number of hydrogen-bond donors (Lipinski definition) is 1. The number of anilines is 2. The Hall–Kier alpha value is -3.86. The predicted octanol–water partition coefficient (Wildman–Crippen LogP) is 5.43. The third-order valence-electron chi connectivity index (χ3n) is 5.99. The summed E-state index contributed by atoms with van der Waals surface area (Å²) in [6, 6.07) is 24.5. The van der Waals surface area contributed by atoms with Crippen LogP contribution in [-0.4, -0.2) is 24.0 Å². The van der Waals surface area contributed by atoms with Crippen LogP contribution in [-0.2, 0) is 17.8 Å². The minimum absolute atomic E-state index is 0.0743. The van der Waals surface area contributed by atoms with Gasteiger partial charge in [-0.25, -0.2) is 4.98 Å². The molecule has 5 heteroatoms. The molecule has 166 valence electrons. The summed E-state index contributed by atoms with van der Waals surface area (Å²) in [6.45, 7) is 5.72. The van der Waals surface area contributed by atoms with Gasteiger partial charge in [0.05, 0.1) is 0 Å². The molecule has 0 atom stereocenters. The molecule has 1 aromatic heterocycles. The van der Waals surface area contributed by atoms with Gasteiger partial charge < -0.3 is 15.0 Å². The van der Waals surface area contributed by atoms with Gasteiger partial charge in [0.1, 0.15) is 17.1 Å². The summed E-state index contributed by atoms with van der Waals surface area (Å²) < 4.78 is 5.92. The Morgan fingerprint density at radius 1 is 0.970 bits per heavy atom. The highest BCUT2D eigenvalue weighted by molar-refractivity contribution is 5.92. The number of carbonyl (C=O) groups excluding carboxylic acids is 1. The van der Waals surface area contributed by atoms with Crippen LogP contribution >= 0.6 is 0 Å². The lowest BCUT2D eigenvalue weighted by Gasteiger charge is -2.30. The van der Waals surface area contributed by atoms with E-state index in [-0.39, 0.29) is 12.5 Å². The molecule has 0 radical (unpaired) electrons. The number of ether oxygens (including phenoxy) is 1. The number of carbonyl (C=O) groups is 1. The lowest BCUT2D eigenvalue weighted by molar-refractivity contribution is -0.118. The van der Waals surface area contributed by atoms with Gasteiger partial charge in [0.15, 0.2) is 6.61 Å². The van der Waals surface area contributed by atoms with Crippen molar-refractivity contribution in [2.24, 2.45) is 0 Å². The van der Waals surface area contributed by atoms with Crippen molar-refractivity contribution in [2.45, 2.75) is 26.8 Å². The van der Waals surface area contributed by atoms with Gasteiger partial charge in [-0.2, -0.15) is 0 Å². The second kappa shape index (κ2) is 8.94. The number of aromatic nitrogens is 1. The molecule has 2 heterocycles. The van der Waals surface area contributed by atoms with E-state index in [9.17, 15) is 4.79 Å². The molecular weight excluding hydrogens is 410 g/mol. The van der Waals surface area contributed by atoms with E-state index in [2.05, 4.69) is 52.7 Å². The number of aryl methyl sites for hydroxylation is 2. The third-order valence-corrected chi connectivity index (χ3v) is 5.99. The largest absolute Gasteiger partial charge is 0.481 e. The van der Waals surface area contributed by atoms with Crippen molar-refractivity contribution in [1.82, 2.24) is 4.98 Å². The minimum Gasteiger partial charge on any atom is -0.481 e. The number of fused-ring (bicyclic) bond motifs is 2. The van der Waals surface area contributed by atoms with Crippen LogP contribution in [0, 0.1) is 13.8 Å². The van der Waals surface area contributed by atoms with Crippen LogP contribution in [0.1, 0.15) is 22.3 Å². The molecule has 4 aromatic rings. The number of benzene rings is 3. The quantitative estimate of drug-likeness (QED) is 0.452. The van der Waals surface area contributed by atoms with Crippen molar-refractivity contribution in [1.29, 1.82) is 0 Å². The summed E-state index contributed by atoms with van der Waals surface area (Å²) in [5.41, 5.74) is 6.53. The van der Waals surface area contributed by atoms with Crippen molar-refractivity contribution in [3.63, 3.8) is 0 Å². The van der Waals surface area contributed by atoms with E-state index >= 15 is 0 Å². The van der Waals surface area contributed by atoms with Gasteiger partial charge in [-0.3, -0.25) is 4.79 Å². The van der Waals surface area contributed by atoms with Crippen LogP contribution < -0.4 is 15.0 Å². The first kappa shape index (κ1) is 21.0. The SMILES string of the molecule is Cc1cc(C)cc(NC(=O)COc2cccc3ccc(N4CCc5ccccc5C4)nc23)c1. The predicted molar refractivity (Wildman–Crippen MR) is 133 cm³/mol. The molecule has 3 aromatic carbocycles. The normalized spacial score (nSPS) is 13.0. The summed E-state index contributed by atoms with van der Waals surface area (Å²) in [5.74, 6) is 1.34. The summed E-state index contributed by atoms with van der Waals surface area (Å²) in [4.78, 5) is 19.7. The molecule has 0 aliphatic carbocycles. The Kier molecular flexibility index (Phi) is 5.69. The number of hydrogen-bond acceptors (Lipinski definition) is 4. The molecule has 0 fully saturated rings. The van der Waals surface area contributed by atoms with Gasteiger partial charge in [-0.1, -0.05) is 42.5 Å². The molecule has 5 nitrogen and oxygen atoms in total.